The molecule has 0 spiro atoms. The van der Waals surface area contributed by atoms with Crippen LogP contribution < -0.4 is 21.0 Å². The van der Waals surface area contributed by atoms with E-state index in [-0.39, 0.29) is 5.78 Å². The van der Waals surface area contributed by atoms with Crippen LogP contribution in [0.4, 0.5) is 0 Å². The number of rotatable bonds is 6. The molecular formula is C28H25O3P. The molecule has 0 fully saturated rings. The maximum Gasteiger partial charge on any atom is 0.201 e. The number of carboxylic acid groups (broad SMARTS) is 1. The molecule has 0 atom stereocenters. The third kappa shape index (κ3) is 5.57. The van der Waals surface area contributed by atoms with Crippen LogP contribution >= 0.6 is 7.26 Å². The van der Waals surface area contributed by atoms with E-state index in [4.69, 9.17) is 9.90 Å². The van der Waals surface area contributed by atoms with Crippen LogP contribution in [0.15, 0.2) is 121 Å². The van der Waals surface area contributed by atoms with Crippen LogP contribution in [-0.2, 0) is 4.79 Å². The number of ketones is 1. The molecule has 3 nitrogen and oxygen atoms in total. The Labute approximate surface area is 189 Å². The largest absolute Gasteiger partial charge is 0.550 e. The van der Waals surface area contributed by atoms with Crippen molar-refractivity contribution in [3.8, 4) is 0 Å². The molecule has 4 rings (SSSR count). The molecule has 0 aliphatic rings. The second kappa shape index (κ2) is 11.2. The van der Waals surface area contributed by atoms with Crippen LogP contribution in [0.5, 0.6) is 0 Å². The number of Topliss-reactive ketones (excluding diaryl/α,β-unsaturated/α-hetero) is 1. The average molecular weight is 440 g/mol. The molecule has 0 saturated carbocycles. The lowest BCUT2D eigenvalue weighted by Crippen LogP contribution is -2.35. The van der Waals surface area contributed by atoms with Crippen LogP contribution in [0.25, 0.3) is 0 Å². The van der Waals surface area contributed by atoms with Crippen molar-refractivity contribution in [1.82, 2.24) is 0 Å². The van der Waals surface area contributed by atoms with Crippen LogP contribution in [0.2, 0.25) is 0 Å². The normalized spacial score (nSPS) is 10.5. The molecule has 0 amide bonds. The van der Waals surface area contributed by atoms with Gasteiger partial charge in [-0.25, -0.2) is 0 Å². The fourth-order valence-corrected chi connectivity index (χ4v) is 7.80. The summed E-state index contributed by atoms with van der Waals surface area (Å²) in [7, 11) is -2.12. The van der Waals surface area contributed by atoms with Gasteiger partial charge in [-0.05, 0) is 43.3 Å². The second-order valence-electron chi connectivity index (χ2n) is 7.26. The van der Waals surface area contributed by atoms with E-state index in [1.165, 1.54) is 15.9 Å². The molecule has 0 saturated heterocycles. The van der Waals surface area contributed by atoms with Crippen molar-refractivity contribution in [2.45, 2.75) is 6.92 Å². The van der Waals surface area contributed by atoms with Crippen molar-refractivity contribution in [3.05, 3.63) is 127 Å². The molecule has 0 aliphatic carbocycles. The third-order valence-corrected chi connectivity index (χ3v) is 9.37. The summed E-state index contributed by atoms with van der Waals surface area (Å²) in [5.74, 6) is -0.898. The Morgan fingerprint density at radius 3 is 1.19 bits per heavy atom. The predicted molar refractivity (Wildman–Crippen MR) is 131 cm³/mol. The summed E-state index contributed by atoms with van der Waals surface area (Å²) in [6.45, 7) is 0.972. The smallest absolute Gasteiger partial charge is 0.201 e. The highest BCUT2D eigenvalue weighted by molar-refractivity contribution is 7.96. The van der Waals surface area contributed by atoms with Crippen molar-refractivity contribution in [2.75, 3.05) is 6.16 Å². The van der Waals surface area contributed by atoms with Crippen LogP contribution in [0, 0.1) is 0 Å². The van der Waals surface area contributed by atoms with E-state index in [0.717, 1.165) is 12.5 Å². The maximum absolute atomic E-state index is 13.4. The molecule has 0 heterocycles. The van der Waals surface area contributed by atoms with Crippen LogP contribution in [0.3, 0.4) is 0 Å². The van der Waals surface area contributed by atoms with Gasteiger partial charge in [-0.3, -0.25) is 4.79 Å². The Morgan fingerprint density at radius 1 is 0.594 bits per heavy atom. The lowest BCUT2D eigenvalue weighted by molar-refractivity contribution is -0.302. The van der Waals surface area contributed by atoms with Gasteiger partial charge in [0.05, 0.1) is 0 Å². The summed E-state index contributed by atoms with van der Waals surface area (Å²) in [5, 5.41) is 12.6. The molecule has 0 bridgehead atoms. The minimum atomic E-state index is -2.12. The molecular weight excluding hydrogens is 415 g/mol. The fourth-order valence-electron chi connectivity index (χ4n) is 3.70. The van der Waals surface area contributed by atoms with E-state index < -0.39 is 13.2 Å². The summed E-state index contributed by atoms with van der Waals surface area (Å²) in [6.07, 6.45) is 0.481. The molecule has 4 aromatic rings. The number of benzene rings is 4. The number of aliphatic carboxylic acids is 1. The van der Waals surface area contributed by atoms with Gasteiger partial charge < -0.3 is 9.90 Å². The highest BCUT2D eigenvalue weighted by Gasteiger charge is 2.47. The summed E-state index contributed by atoms with van der Waals surface area (Å²) in [6, 6.07) is 41.2. The van der Waals surface area contributed by atoms with E-state index in [2.05, 4.69) is 72.8 Å². The molecule has 32 heavy (non-hydrogen) atoms. The highest BCUT2D eigenvalue weighted by Crippen LogP contribution is 2.55. The van der Waals surface area contributed by atoms with Gasteiger partial charge in [0.25, 0.3) is 0 Å². The van der Waals surface area contributed by atoms with Gasteiger partial charge in [-0.1, -0.05) is 84.9 Å². The SMILES string of the molecule is CC(=O)[O-].O=C(C[P+](c1ccccc1)(c1ccccc1)c1ccccc1)c1ccccc1. The molecule has 0 N–H and O–H groups in total. The summed E-state index contributed by atoms with van der Waals surface area (Å²) >= 11 is 0. The number of carbonyl (C=O) groups excluding carboxylic acids is 2. The Kier molecular flexibility index (Phi) is 8.08. The first-order valence-electron chi connectivity index (χ1n) is 10.3. The monoisotopic (exact) mass is 440 g/mol. The number of carbonyl (C=O) groups is 2. The Balaban J connectivity index is 0.000000668. The van der Waals surface area contributed by atoms with E-state index in [0.29, 0.717) is 6.16 Å². The van der Waals surface area contributed by atoms with Crippen molar-refractivity contribution < 1.29 is 14.7 Å². The minimum absolute atomic E-state index is 0.186. The van der Waals surface area contributed by atoms with Gasteiger partial charge in [-0.2, -0.15) is 0 Å². The Morgan fingerprint density at radius 2 is 0.875 bits per heavy atom. The van der Waals surface area contributed by atoms with E-state index in [1.807, 2.05) is 48.5 Å². The quantitative estimate of drug-likeness (QED) is 0.340. The van der Waals surface area contributed by atoms with Crippen molar-refractivity contribution in [1.29, 1.82) is 0 Å². The lowest BCUT2D eigenvalue weighted by Gasteiger charge is -2.27. The fraction of sp³-hybridized carbons (Fsp3) is 0.0714. The summed E-state index contributed by atoms with van der Waals surface area (Å²) < 4.78 is 0. The summed E-state index contributed by atoms with van der Waals surface area (Å²) in [4.78, 5) is 22.3. The van der Waals surface area contributed by atoms with Gasteiger partial charge >= 0.3 is 0 Å². The molecule has 160 valence electrons. The third-order valence-electron chi connectivity index (χ3n) is 5.07. The number of hydrogen-bond donors (Lipinski definition) is 0. The number of hydrogen-bond acceptors (Lipinski definition) is 3. The van der Waals surface area contributed by atoms with Crippen LogP contribution in [-0.4, -0.2) is 17.9 Å². The zero-order chi connectivity index (χ0) is 22.8. The second-order valence-corrected chi connectivity index (χ2v) is 10.7. The maximum atomic E-state index is 13.4. The lowest BCUT2D eigenvalue weighted by atomic mass is 10.2. The van der Waals surface area contributed by atoms with Crippen molar-refractivity contribution in [3.63, 3.8) is 0 Å². The topological polar surface area (TPSA) is 57.2 Å². The predicted octanol–water partition coefficient (Wildman–Crippen LogP) is 3.62. The molecule has 0 unspecified atom stereocenters. The zero-order valence-electron chi connectivity index (χ0n) is 17.9. The standard InChI is InChI=1S/C26H22OP.C2H4O2/c27-26(22-13-5-1-6-14-22)21-28(23-15-7-2-8-16-23,24-17-9-3-10-18-24)25-19-11-4-12-20-25;1-2(3)4/h1-20H,21H2;1H3,(H,3,4)/q+1;/p-1. The van der Waals surface area contributed by atoms with Crippen molar-refractivity contribution in [2.24, 2.45) is 0 Å². The van der Waals surface area contributed by atoms with E-state index in [1.54, 1.807) is 0 Å². The first kappa shape index (κ1) is 23.1. The van der Waals surface area contributed by atoms with E-state index >= 15 is 0 Å². The van der Waals surface area contributed by atoms with Gasteiger partial charge in [-0.15, -0.1) is 0 Å². The van der Waals surface area contributed by atoms with Gasteiger partial charge in [0.15, 0.2) is 0 Å². The molecule has 0 radical (unpaired) electrons. The van der Waals surface area contributed by atoms with E-state index in [9.17, 15) is 4.79 Å². The first-order valence-corrected chi connectivity index (χ1v) is 12.3. The zero-order valence-corrected chi connectivity index (χ0v) is 18.8. The first-order chi connectivity index (χ1) is 15.5. The highest BCUT2D eigenvalue weighted by atomic mass is 31.2. The Hall–Kier alpha value is -3.55. The van der Waals surface area contributed by atoms with Crippen molar-refractivity contribution >= 4 is 34.9 Å². The Bertz CT molecular complexity index is 1030. The minimum Gasteiger partial charge on any atom is -0.550 e. The van der Waals surface area contributed by atoms with Gasteiger partial charge in [0, 0.05) is 11.5 Å². The van der Waals surface area contributed by atoms with Crippen LogP contribution in [0.1, 0.15) is 17.3 Å². The van der Waals surface area contributed by atoms with Gasteiger partial charge in [0.1, 0.15) is 29.3 Å². The molecule has 0 aromatic heterocycles. The molecule has 4 aromatic carbocycles. The summed E-state index contributed by atoms with van der Waals surface area (Å²) in [5.41, 5.74) is 0.773. The molecule has 4 heteroatoms. The number of carboxylic acids is 1. The van der Waals surface area contributed by atoms with Gasteiger partial charge in [0.2, 0.25) is 5.78 Å². The average Bonchev–Trinajstić information content (AvgIpc) is 2.84. The molecule has 0 aliphatic heterocycles.